The maximum absolute atomic E-state index is 12.1. The van der Waals surface area contributed by atoms with Crippen LogP contribution in [0.5, 0.6) is 0 Å². The molecule has 1 aliphatic heterocycles. The fourth-order valence-electron chi connectivity index (χ4n) is 2.52. The van der Waals surface area contributed by atoms with Crippen molar-refractivity contribution >= 4 is 5.91 Å². The van der Waals surface area contributed by atoms with Crippen LogP contribution in [0.1, 0.15) is 22.7 Å². The molecule has 1 heterocycles. The van der Waals surface area contributed by atoms with Crippen LogP contribution in [0.15, 0.2) is 66.7 Å². The minimum atomic E-state index is 0.0447. The van der Waals surface area contributed by atoms with Gasteiger partial charge in [0.2, 0.25) is 5.91 Å². The first kappa shape index (κ1) is 12.7. The zero-order chi connectivity index (χ0) is 13.9. The summed E-state index contributed by atoms with van der Waals surface area (Å²) in [4.78, 5) is 14.0. The molecule has 0 bridgehead atoms. The molecule has 1 unspecified atom stereocenters. The van der Waals surface area contributed by atoms with Crippen LogP contribution in [0.4, 0.5) is 0 Å². The van der Waals surface area contributed by atoms with Gasteiger partial charge in [0.15, 0.2) is 0 Å². The van der Waals surface area contributed by atoms with Gasteiger partial charge in [-0.25, -0.2) is 0 Å². The molecule has 20 heavy (non-hydrogen) atoms. The second kappa shape index (κ2) is 5.33. The first-order chi connectivity index (χ1) is 9.74. The van der Waals surface area contributed by atoms with Crippen molar-refractivity contribution in [2.24, 2.45) is 0 Å². The summed E-state index contributed by atoms with van der Waals surface area (Å²) in [6.45, 7) is 2.71. The third kappa shape index (κ3) is 2.50. The number of nitrogens with zero attached hydrogens (tertiary/aromatic N) is 1. The molecule has 0 saturated heterocycles. The fraction of sp³-hybridized carbons (Fsp3) is 0.167. The largest absolute Gasteiger partial charge is 0.324 e. The van der Waals surface area contributed by atoms with Crippen LogP contribution in [-0.2, 0) is 11.3 Å². The van der Waals surface area contributed by atoms with Gasteiger partial charge in [0, 0.05) is 12.6 Å². The molecule has 2 heteroatoms. The van der Waals surface area contributed by atoms with Crippen LogP contribution in [0.2, 0.25) is 0 Å². The monoisotopic (exact) mass is 263 g/mol. The number of aryl methyl sites for hydroxylation is 1. The highest BCUT2D eigenvalue weighted by molar-refractivity contribution is 5.90. The molecule has 3 rings (SSSR count). The van der Waals surface area contributed by atoms with Crippen molar-refractivity contribution in [2.75, 3.05) is 0 Å². The van der Waals surface area contributed by atoms with Gasteiger partial charge < -0.3 is 4.90 Å². The van der Waals surface area contributed by atoms with Crippen molar-refractivity contribution < 1.29 is 4.79 Å². The zero-order valence-corrected chi connectivity index (χ0v) is 11.5. The number of rotatable bonds is 3. The number of hydrogen-bond donors (Lipinski definition) is 0. The van der Waals surface area contributed by atoms with Crippen molar-refractivity contribution in [1.82, 2.24) is 4.90 Å². The van der Waals surface area contributed by atoms with Crippen molar-refractivity contribution in [3.63, 3.8) is 0 Å². The number of hydrogen-bond acceptors (Lipinski definition) is 1. The second-order valence-electron chi connectivity index (χ2n) is 5.17. The van der Waals surface area contributed by atoms with Crippen molar-refractivity contribution in [2.45, 2.75) is 19.5 Å². The molecule has 0 aliphatic carbocycles. The lowest BCUT2D eigenvalue weighted by molar-refractivity contribution is -0.126. The van der Waals surface area contributed by atoms with Crippen LogP contribution < -0.4 is 0 Å². The smallest absolute Gasteiger partial charge is 0.247 e. The molecule has 2 nitrogen and oxygen atoms in total. The lowest BCUT2D eigenvalue weighted by atomic mass is 10.0. The van der Waals surface area contributed by atoms with Crippen molar-refractivity contribution in [1.29, 1.82) is 0 Å². The summed E-state index contributed by atoms with van der Waals surface area (Å²) in [5.74, 6) is 0.0828. The van der Waals surface area contributed by atoms with E-state index in [4.69, 9.17) is 0 Å². The highest BCUT2D eigenvalue weighted by Crippen LogP contribution is 2.29. The predicted molar refractivity (Wildman–Crippen MR) is 80.1 cm³/mol. The molecule has 100 valence electrons. The van der Waals surface area contributed by atoms with Gasteiger partial charge in [-0.3, -0.25) is 4.79 Å². The molecule has 0 aromatic heterocycles. The molecule has 2 aromatic carbocycles. The Labute approximate surface area is 119 Å². The Morgan fingerprint density at radius 3 is 2.40 bits per heavy atom. The van der Waals surface area contributed by atoms with Crippen LogP contribution in [0.25, 0.3) is 0 Å². The van der Waals surface area contributed by atoms with E-state index in [1.165, 1.54) is 5.56 Å². The van der Waals surface area contributed by atoms with Crippen LogP contribution in [0, 0.1) is 6.92 Å². The van der Waals surface area contributed by atoms with Gasteiger partial charge in [0.1, 0.15) is 0 Å². The lowest BCUT2D eigenvalue weighted by Gasteiger charge is -2.25. The molecule has 0 spiro atoms. The number of benzene rings is 2. The van der Waals surface area contributed by atoms with Crippen LogP contribution in [-0.4, -0.2) is 10.8 Å². The molecule has 0 radical (unpaired) electrons. The summed E-state index contributed by atoms with van der Waals surface area (Å²) in [6, 6.07) is 18.5. The number of carbonyl (C=O) groups excluding carboxylic acids is 1. The normalized spacial score (nSPS) is 17.8. The Morgan fingerprint density at radius 1 is 1.00 bits per heavy atom. The standard InChI is InChI=1S/C18H17NO/c1-14-7-9-16(10-8-14)17-11-12-18(20)19(17)13-15-5-3-2-4-6-15/h2-12,17H,13H2,1H3. The van der Waals surface area contributed by atoms with E-state index in [2.05, 4.69) is 43.3 Å². The van der Waals surface area contributed by atoms with Gasteiger partial charge in [0.05, 0.1) is 6.04 Å². The Balaban J connectivity index is 1.85. The van der Waals surface area contributed by atoms with Gasteiger partial charge in [-0.1, -0.05) is 66.2 Å². The van der Waals surface area contributed by atoms with Crippen molar-refractivity contribution in [3.8, 4) is 0 Å². The van der Waals surface area contributed by atoms with Gasteiger partial charge in [-0.15, -0.1) is 0 Å². The van der Waals surface area contributed by atoms with E-state index in [-0.39, 0.29) is 11.9 Å². The zero-order valence-electron chi connectivity index (χ0n) is 11.5. The first-order valence-corrected chi connectivity index (χ1v) is 6.83. The Bertz CT molecular complexity index is 628. The molecule has 2 aromatic rings. The summed E-state index contributed by atoms with van der Waals surface area (Å²) in [7, 11) is 0. The summed E-state index contributed by atoms with van der Waals surface area (Å²) in [5.41, 5.74) is 3.55. The molecular weight excluding hydrogens is 246 g/mol. The molecule has 1 amide bonds. The number of carbonyl (C=O) groups is 1. The highest BCUT2D eigenvalue weighted by Gasteiger charge is 2.26. The Morgan fingerprint density at radius 2 is 1.70 bits per heavy atom. The molecule has 1 aliphatic rings. The number of amides is 1. The summed E-state index contributed by atoms with van der Waals surface area (Å²) in [6.07, 6.45) is 3.66. The maximum atomic E-state index is 12.1. The van der Waals surface area contributed by atoms with E-state index in [0.717, 1.165) is 11.1 Å². The van der Waals surface area contributed by atoms with E-state index >= 15 is 0 Å². The molecule has 0 fully saturated rings. The third-order valence-corrected chi connectivity index (χ3v) is 3.65. The van der Waals surface area contributed by atoms with Crippen LogP contribution in [0.3, 0.4) is 0 Å². The van der Waals surface area contributed by atoms with Crippen molar-refractivity contribution in [3.05, 3.63) is 83.4 Å². The summed E-state index contributed by atoms with van der Waals surface area (Å²) in [5, 5.41) is 0. The van der Waals surface area contributed by atoms with E-state index in [9.17, 15) is 4.79 Å². The van der Waals surface area contributed by atoms with E-state index in [1.807, 2.05) is 29.2 Å². The minimum Gasteiger partial charge on any atom is -0.324 e. The third-order valence-electron chi connectivity index (χ3n) is 3.65. The summed E-state index contributed by atoms with van der Waals surface area (Å²) < 4.78 is 0. The predicted octanol–water partition coefficient (Wildman–Crippen LogP) is 3.63. The quantitative estimate of drug-likeness (QED) is 0.828. The van der Waals surface area contributed by atoms with E-state index in [0.29, 0.717) is 6.54 Å². The van der Waals surface area contributed by atoms with E-state index < -0.39 is 0 Å². The van der Waals surface area contributed by atoms with Gasteiger partial charge >= 0.3 is 0 Å². The minimum absolute atomic E-state index is 0.0447. The SMILES string of the molecule is Cc1ccc(C2C=CC(=O)N2Cc2ccccc2)cc1. The van der Waals surface area contributed by atoms with Gasteiger partial charge in [-0.2, -0.15) is 0 Å². The maximum Gasteiger partial charge on any atom is 0.247 e. The highest BCUT2D eigenvalue weighted by atomic mass is 16.2. The lowest BCUT2D eigenvalue weighted by Crippen LogP contribution is -2.27. The topological polar surface area (TPSA) is 20.3 Å². The van der Waals surface area contributed by atoms with E-state index in [1.54, 1.807) is 6.08 Å². The second-order valence-corrected chi connectivity index (χ2v) is 5.17. The molecule has 0 N–H and O–H groups in total. The van der Waals surface area contributed by atoms with Crippen LogP contribution >= 0.6 is 0 Å². The fourth-order valence-corrected chi connectivity index (χ4v) is 2.52. The average molecular weight is 263 g/mol. The first-order valence-electron chi connectivity index (χ1n) is 6.83. The Kier molecular flexibility index (Phi) is 3.38. The Hall–Kier alpha value is -2.35. The average Bonchev–Trinajstić information content (AvgIpc) is 2.83. The summed E-state index contributed by atoms with van der Waals surface area (Å²) >= 11 is 0. The molecule has 1 atom stereocenters. The molecular formula is C18H17NO. The van der Waals surface area contributed by atoms with Gasteiger partial charge in [0.25, 0.3) is 0 Å². The van der Waals surface area contributed by atoms with Gasteiger partial charge in [-0.05, 0) is 18.1 Å². The molecule has 0 saturated carbocycles.